The Labute approximate surface area is 126 Å². The summed E-state index contributed by atoms with van der Waals surface area (Å²) >= 11 is 9.10. The topological polar surface area (TPSA) is 22.1 Å². The molecule has 106 valence electrons. The molecule has 0 saturated carbocycles. The van der Waals surface area contributed by atoms with E-state index in [4.69, 9.17) is 16.3 Å². The molecule has 0 atom stereocenters. The molecule has 0 unspecified atom stereocenters. The molecule has 0 aliphatic carbocycles. The lowest BCUT2D eigenvalue weighted by Gasteiger charge is -2.10. The molecule has 1 aromatic carbocycles. The molecule has 0 saturated heterocycles. The van der Waals surface area contributed by atoms with E-state index in [2.05, 4.69) is 20.9 Å². The molecule has 0 amide bonds. The standard InChI is InChI=1S/C13H8BrClF3NO/c1-7-4-9(2-3-10(7)14)20-12-11(15)5-8(6-19-12)13(16,17)18/h2-6H,1H3. The maximum absolute atomic E-state index is 12.5. The number of nitrogens with zero attached hydrogens (tertiary/aromatic N) is 1. The molecule has 0 fully saturated rings. The summed E-state index contributed by atoms with van der Waals surface area (Å²) in [4.78, 5) is 3.61. The van der Waals surface area contributed by atoms with Crippen LogP contribution in [-0.2, 0) is 6.18 Å². The summed E-state index contributed by atoms with van der Waals surface area (Å²) in [6, 6.07) is 5.94. The molecule has 20 heavy (non-hydrogen) atoms. The largest absolute Gasteiger partial charge is 0.438 e. The Bertz CT molecular complexity index is 646. The normalized spacial score (nSPS) is 11.5. The van der Waals surface area contributed by atoms with Crippen LogP contribution in [0, 0.1) is 6.92 Å². The van der Waals surface area contributed by atoms with Crippen LogP contribution in [-0.4, -0.2) is 4.98 Å². The van der Waals surface area contributed by atoms with E-state index in [0.717, 1.165) is 16.1 Å². The van der Waals surface area contributed by atoms with E-state index in [1.54, 1.807) is 18.2 Å². The molecule has 2 rings (SSSR count). The highest BCUT2D eigenvalue weighted by Crippen LogP contribution is 2.35. The van der Waals surface area contributed by atoms with Gasteiger partial charge in [0.25, 0.3) is 0 Å². The summed E-state index contributed by atoms with van der Waals surface area (Å²) in [6.07, 6.45) is -3.80. The fourth-order valence-corrected chi connectivity index (χ4v) is 1.90. The number of alkyl halides is 3. The van der Waals surface area contributed by atoms with E-state index < -0.39 is 11.7 Å². The first-order chi connectivity index (χ1) is 9.27. The highest BCUT2D eigenvalue weighted by Gasteiger charge is 2.31. The molecule has 2 aromatic rings. The van der Waals surface area contributed by atoms with Crippen LogP contribution >= 0.6 is 27.5 Å². The minimum absolute atomic E-state index is 0.0682. The molecule has 0 bridgehead atoms. The third-order valence-corrected chi connectivity index (χ3v) is 3.64. The molecule has 0 N–H and O–H groups in total. The van der Waals surface area contributed by atoms with Gasteiger partial charge in [0.2, 0.25) is 5.88 Å². The molecular formula is C13H8BrClF3NO. The van der Waals surface area contributed by atoms with Crippen molar-refractivity contribution in [2.75, 3.05) is 0 Å². The average Bonchev–Trinajstić information content (AvgIpc) is 2.35. The lowest BCUT2D eigenvalue weighted by Crippen LogP contribution is -2.05. The van der Waals surface area contributed by atoms with E-state index in [1.165, 1.54) is 0 Å². The Hall–Kier alpha value is -1.27. The molecule has 1 aromatic heterocycles. The summed E-state index contributed by atoms with van der Waals surface area (Å²) in [5, 5.41) is -0.194. The van der Waals surface area contributed by atoms with Gasteiger partial charge < -0.3 is 4.74 Å². The van der Waals surface area contributed by atoms with E-state index >= 15 is 0 Å². The van der Waals surface area contributed by atoms with Crippen LogP contribution in [0.1, 0.15) is 11.1 Å². The fourth-order valence-electron chi connectivity index (χ4n) is 1.45. The summed E-state index contributed by atoms with van der Waals surface area (Å²) in [5.74, 6) is 0.376. The molecule has 2 nitrogen and oxygen atoms in total. The number of ether oxygens (including phenoxy) is 1. The summed E-state index contributed by atoms with van der Waals surface area (Å²) in [6.45, 7) is 1.86. The SMILES string of the molecule is Cc1cc(Oc2ncc(C(F)(F)F)cc2Cl)ccc1Br. The first-order valence-corrected chi connectivity index (χ1v) is 6.61. The molecule has 1 heterocycles. The van der Waals surface area contributed by atoms with E-state index in [0.29, 0.717) is 11.9 Å². The Balaban J connectivity index is 2.28. The minimum atomic E-state index is -4.48. The number of rotatable bonds is 2. The highest BCUT2D eigenvalue weighted by molar-refractivity contribution is 9.10. The zero-order valence-electron chi connectivity index (χ0n) is 10.1. The number of aryl methyl sites for hydroxylation is 1. The van der Waals surface area contributed by atoms with Crippen molar-refractivity contribution in [2.45, 2.75) is 13.1 Å². The van der Waals surface area contributed by atoms with Crippen molar-refractivity contribution < 1.29 is 17.9 Å². The first-order valence-electron chi connectivity index (χ1n) is 5.44. The van der Waals surface area contributed by atoms with Gasteiger partial charge in [-0.1, -0.05) is 27.5 Å². The van der Waals surface area contributed by atoms with Crippen molar-refractivity contribution in [3.8, 4) is 11.6 Å². The monoisotopic (exact) mass is 365 g/mol. The second-order valence-corrected chi connectivity index (χ2v) is 5.28. The fraction of sp³-hybridized carbons (Fsp3) is 0.154. The number of aromatic nitrogens is 1. The molecule has 0 spiro atoms. The second kappa shape index (κ2) is 5.61. The molecule has 0 radical (unpaired) electrons. The molecule has 7 heteroatoms. The first kappa shape index (κ1) is 15.1. The van der Waals surface area contributed by atoms with Crippen LogP contribution in [0.3, 0.4) is 0 Å². The van der Waals surface area contributed by atoms with Gasteiger partial charge in [-0.2, -0.15) is 13.2 Å². The van der Waals surface area contributed by atoms with E-state index in [1.807, 2.05) is 6.92 Å². The third kappa shape index (κ3) is 3.43. The van der Waals surface area contributed by atoms with Crippen molar-refractivity contribution in [3.05, 3.63) is 51.1 Å². The summed E-state index contributed by atoms with van der Waals surface area (Å²) in [7, 11) is 0. The lowest BCUT2D eigenvalue weighted by molar-refractivity contribution is -0.137. The van der Waals surface area contributed by atoms with Crippen LogP contribution in [0.4, 0.5) is 13.2 Å². The van der Waals surface area contributed by atoms with Crippen molar-refractivity contribution >= 4 is 27.5 Å². The zero-order chi connectivity index (χ0) is 14.9. The Morgan fingerprint density at radius 2 is 1.95 bits per heavy atom. The van der Waals surface area contributed by atoms with Gasteiger partial charge in [-0.3, -0.25) is 0 Å². The van der Waals surface area contributed by atoms with Gasteiger partial charge in [-0.05, 0) is 36.8 Å². The van der Waals surface area contributed by atoms with Crippen LogP contribution < -0.4 is 4.74 Å². The number of pyridine rings is 1. The Morgan fingerprint density at radius 3 is 2.50 bits per heavy atom. The van der Waals surface area contributed by atoms with Crippen LogP contribution in [0.2, 0.25) is 5.02 Å². The van der Waals surface area contributed by atoms with Gasteiger partial charge in [0, 0.05) is 10.7 Å². The van der Waals surface area contributed by atoms with Crippen LogP contribution in [0.15, 0.2) is 34.9 Å². The number of benzene rings is 1. The van der Waals surface area contributed by atoms with Crippen molar-refractivity contribution in [1.82, 2.24) is 4.98 Å². The number of hydrogen-bond acceptors (Lipinski definition) is 2. The summed E-state index contributed by atoms with van der Waals surface area (Å²) < 4.78 is 43.7. The molecular weight excluding hydrogens is 358 g/mol. The number of hydrogen-bond donors (Lipinski definition) is 0. The molecule has 0 aliphatic heterocycles. The minimum Gasteiger partial charge on any atom is -0.438 e. The highest BCUT2D eigenvalue weighted by atomic mass is 79.9. The van der Waals surface area contributed by atoms with Crippen molar-refractivity contribution in [2.24, 2.45) is 0 Å². The van der Waals surface area contributed by atoms with Crippen molar-refractivity contribution in [3.63, 3.8) is 0 Å². The zero-order valence-corrected chi connectivity index (χ0v) is 12.5. The maximum Gasteiger partial charge on any atom is 0.417 e. The van der Waals surface area contributed by atoms with Gasteiger partial charge >= 0.3 is 6.18 Å². The van der Waals surface area contributed by atoms with Gasteiger partial charge in [0.15, 0.2) is 0 Å². The van der Waals surface area contributed by atoms with Gasteiger partial charge in [0.05, 0.1) is 5.56 Å². The quantitative estimate of drug-likeness (QED) is 0.688. The van der Waals surface area contributed by atoms with Gasteiger partial charge in [-0.25, -0.2) is 4.98 Å². The summed E-state index contributed by atoms with van der Waals surface area (Å²) in [5.41, 5.74) is 0.00682. The average molecular weight is 367 g/mol. The van der Waals surface area contributed by atoms with Gasteiger partial charge in [-0.15, -0.1) is 0 Å². The second-order valence-electron chi connectivity index (χ2n) is 4.02. The Morgan fingerprint density at radius 1 is 1.25 bits per heavy atom. The lowest BCUT2D eigenvalue weighted by atomic mass is 10.2. The van der Waals surface area contributed by atoms with E-state index in [-0.39, 0.29) is 10.9 Å². The van der Waals surface area contributed by atoms with Gasteiger partial charge in [0.1, 0.15) is 10.8 Å². The number of halogens is 5. The van der Waals surface area contributed by atoms with Crippen molar-refractivity contribution in [1.29, 1.82) is 0 Å². The maximum atomic E-state index is 12.5. The predicted octanol–water partition coefficient (Wildman–Crippen LogP) is 5.62. The smallest absolute Gasteiger partial charge is 0.417 e. The van der Waals surface area contributed by atoms with Crippen LogP contribution in [0.25, 0.3) is 0 Å². The Kier molecular flexibility index (Phi) is 4.25. The third-order valence-electron chi connectivity index (χ3n) is 2.48. The predicted molar refractivity (Wildman–Crippen MR) is 73.2 cm³/mol. The van der Waals surface area contributed by atoms with Crippen LogP contribution in [0.5, 0.6) is 11.6 Å². The van der Waals surface area contributed by atoms with E-state index in [9.17, 15) is 13.2 Å². The molecule has 0 aliphatic rings.